The summed E-state index contributed by atoms with van der Waals surface area (Å²) in [4.78, 5) is 12.0. The van der Waals surface area contributed by atoms with E-state index in [1.807, 2.05) is 24.3 Å². The summed E-state index contributed by atoms with van der Waals surface area (Å²) in [5.74, 6) is 0.278. The molecular formula is C16H24N2O2. The summed E-state index contributed by atoms with van der Waals surface area (Å²) in [5.41, 5.74) is 7.54. The molecule has 1 saturated carbocycles. The van der Waals surface area contributed by atoms with Crippen molar-refractivity contribution in [3.8, 4) is 0 Å². The Morgan fingerprint density at radius 3 is 2.50 bits per heavy atom. The maximum absolute atomic E-state index is 12.0. The van der Waals surface area contributed by atoms with Crippen molar-refractivity contribution >= 4 is 11.6 Å². The van der Waals surface area contributed by atoms with Crippen LogP contribution in [0.2, 0.25) is 0 Å². The Morgan fingerprint density at radius 1 is 1.30 bits per heavy atom. The van der Waals surface area contributed by atoms with E-state index in [2.05, 4.69) is 12.2 Å². The van der Waals surface area contributed by atoms with E-state index in [9.17, 15) is 9.90 Å². The number of benzene rings is 1. The van der Waals surface area contributed by atoms with E-state index in [-0.39, 0.29) is 24.0 Å². The van der Waals surface area contributed by atoms with Gasteiger partial charge in [0.15, 0.2) is 0 Å². The van der Waals surface area contributed by atoms with Gasteiger partial charge in [0.25, 0.3) is 0 Å². The third kappa shape index (κ3) is 4.23. The van der Waals surface area contributed by atoms with Gasteiger partial charge in [-0.1, -0.05) is 19.1 Å². The first-order valence-corrected chi connectivity index (χ1v) is 7.37. The molecule has 4 heteroatoms. The average molecular weight is 276 g/mol. The van der Waals surface area contributed by atoms with Gasteiger partial charge in [-0.25, -0.2) is 0 Å². The molecule has 1 aliphatic carbocycles. The van der Waals surface area contributed by atoms with E-state index in [1.165, 1.54) is 0 Å². The molecule has 4 N–H and O–H groups in total. The van der Waals surface area contributed by atoms with Crippen LogP contribution >= 0.6 is 0 Å². The average Bonchev–Trinajstić information content (AvgIpc) is 2.42. The van der Waals surface area contributed by atoms with Gasteiger partial charge in [0.1, 0.15) is 0 Å². The van der Waals surface area contributed by atoms with Gasteiger partial charge in [-0.3, -0.25) is 4.79 Å². The molecule has 20 heavy (non-hydrogen) atoms. The molecular weight excluding hydrogens is 252 g/mol. The van der Waals surface area contributed by atoms with E-state index in [0.717, 1.165) is 36.9 Å². The van der Waals surface area contributed by atoms with Crippen LogP contribution in [-0.4, -0.2) is 23.2 Å². The summed E-state index contributed by atoms with van der Waals surface area (Å²) in [7, 11) is 0. The Morgan fingerprint density at radius 2 is 1.90 bits per heavy atom. The van der Waals surface area contributed by atoms with Crippen LogP contribution in [0.4, 0.5) is 5.69 Å². The summed E-state index contributed by atoms with van der Waals surface area (Å²) in [6, 6.07) is 7.91. The maximum Gasteiger partial charge on any atom is 0.220 e. The summed E-state index contributed by atoms with van der Waals surface area (Å²) >= 11 is 0. The second-order valence-electron chi connectivity index (χ2n) is 5.84. The minimum absolute atomic E-state index is 0.0933. The van der Waals surface area contributed by atoms with Crippen LogP contribution < -0.4 is 11.1 Å². The molecule has 0 saturated heterocycles. The lowest BCUT2D eigenvalue weighted by atomic mass is 9.92. The van der Waals surface area contributed by atoms with Crippen LogP contribution in [0.3, 0.4) is 0 Å². The van der Waals surface area contributed by atoms with Crippen molar-refractivity contribution < 1.29 is 9.90 Å². The molecule has 2 rings (SSSR count). The Hall–Kier alpha value is -1.55. The molecule has 0 spiro atoms. The maximum atomic E-state index is 12.0. The molecule has 0 aliphatic heterocycles. The van der Waals surface area contributed by atoms with Crippen molar-refractivity contribution in [1.82, 2.24) is 5.32 Å². The van der Waals surface area contributed by atoms with Crippen molar-refractivity contribution in [2.24, 2.45) is 0 Å². The van der Waals surface area contributed by atoms with Crippen molar-refractivity contribution in [1.29, 1.82) is 0 Å². The fourth-order valence-electron chi connectivity index (χ4n) is 2.73. The summed E-state index contributed by atoms with van der Waals surface area (Å²) in [6.45, 7) is 2.05. The highest BCUT2D eigenvalue weighted by atomic mass is 16.3. The highest BCUT2D eigenvalue weighted by Gasteiger charge is 2.21. The third-order valence-electron chi connectivity index (χ3n) is 4.06. The SMILES string of the molecule is CC(CC(=O)NC1CCC(O)CC1)c1ccc(N)cc1. The zero-order valence-electron chi connectivity index (χ0n) is 12.0. The van der Waals surface area contributed by atoms with Crippen molar-refractivity contribution in [3.05, 3.63) is 29.8 Å². The second-order valence-corrected chi connectivity index (χ2v) is 5.84. The van der Waals surface area contributed by atoms with Gasteiger partial charge in [0.2, 0.25) is 5.91 Å². The van der Waals surface area contributed by atoms with E-state index in [1.54, 1.807) is 0 Å². The van der Waals surface area contributed by atoms with Crippen molar-refractivity contribution in [2.45, 2.75) is 57.1 Å². The minimum Gasteiger partial charge on any atom is -0.399 e. The third-order valence-corrected chi connectivity index (χ3v) is 4.06. The Labute approximate surface area is 120 Å². The van der Waals surface area contributed by atoms with Crippen LogP contribution in [0, 0.1) is 0 Å². The predicted molar refractivity (Wildman–Crippen MR) is 80.3 cm³/mol. The number of nitrogen functional groups attached to an aromatic ring is 1. The number of carbonyl (C=O) groups is 1. The number of hydrogen-bond donors (Lipinski definition) is 3. The fraction of sp³-hybridized carbons (Fsp3) is 0.562. The first-order valence-electron chi connectivity index (χ1n) is 7.37. The molecule has 1 unspecified atom stereocenters. The lowest BCUT2D eigenvalue weighted by molar-refractivity contribution is -0.122. The number of rotatable bonds is 4. The lowest BCUT2D eigenvalue weighted by Gasteiger charge is -2.26. The van der Waals surface area contributed by atoms with Crippen LogP contribution in [0.5, 0.6) is 0 Å². The lowest BCUT2D eigenvalue weighted by Crippen LogP contribution is -2.38. The number of aliphatic hydroxyl groups is 1. The second kappa shape index (κ2) is 6.75. The molecule has 1 aromatic rings. The summed E-state index contributed by atoms with van der Waals surface area (Å²) in [6.07, 6.45) is 3.64. The van der Waals surface area contributed by atoms with Crippen LogP contribution in [0.25, 0.3) is 0 Å². The molecule has 1 fully saturated rings. The molecule has 0 bridgehead atoms. The number of aliphatic hydroxyl groups excluding tert-OH is 1. The number of amides is 1. The number of hydrogen-bond acceptors (Lipinski definition) is 3. The first-order chi connectivity index (χ1) is 9.54. The van der Waals surface area contributed by atoms with E-state index in [4.69, 9.17) is 5.73 Å². The van der Waals surface area contributed by atoms with Crippen LogP contribution in [-0.2, 0) is 4.79 Å². The molecule has 1 atom stereocenters. The summed E-state index contributed by atoms with van der Waals surface area (Å²) < 4.78 is 0. The highest BCUT2D eigenvalue weighted by molar-refractivity contribution is 5.77. The highest BCUT2D eigenvalue weighted by Crippen LogP contribution is 2.22. The quantitative estimate of drug-likeness (QED) is 0.738. The first kappa shape index (κ1) is 14.9. The molecule has 0 radical (unpaired) electrons. The molecule has 4 nitrogen and oxygen atoms in total. The van der Waals surface area contributed by atoms with Crippen molar-refractivity contribution in [2.75, 3.05) is 5.73 Å². The topological polar surface area (TPSA) is 75.3 Å². The van der Waals surface area contributed by atoms with E-state index in [0.29, 0.717) is 6.42 Å². The van der Waals surface area contributed by atoms with Gasteiger partial charge in [-0.2, -0.15) is 0 Å². The number of carbonyl (C=O) groups excluding carboxylic acids is 1. The van der Waals surface area contributed by atoms with Gasteiger partial charge >= 0.3 is 0 Å². The number of nitrogens with two attached hydrogens (primary N) is 1. The van der Waals surface area contributed by atoms with Gasteiger partial charge in [0.05, 0.1) is 6.10 Å². The van der Waals surface area contributed by atoms with Crippen molar-refractivity contribution in [3.63, 3.8) is 0 Å². The Balaban J connectivity index is 1.80. The number of anilines is 1. The van der Waals surface area contributed by atoms with E-state index >= 15 is 0 Å². The minimum atomic E-state index is -0.183. The van der Waals surface area contributed by atoms with Gasteiger partial charge in [-0.05, 0) is 49.3 Å². The molecule has 0 heterocycles. The number of nitrogens with one attached hydrogen (secondary N) is 1. The fourth-order valence-corrected chi connectivity index (χ4v) is 2.73. The van der Waals surface area contributed by atoms with Crippen LogP contribution in [0.1, 0.15) is 50.5 Å². The van der Waals surface area contributed by atoms with Gasteiger partial charge in [-0.15, -0.1) is 0 Å². The molecule has 110 valence electrons. The molecule has 0 aromatic heterocycles. The molecule has 1 aromatic carbocycles. The van der Waals surface area contributed by atoms with Crippen LogP contribution in [0.15, 0.2) is 24.3 Å². The monoisotopic (exact) mass is 276 g/mol. The zero-order valence-corrected chi connectivity index (χ0v) is 12.0. The Kier molecular flexibility index (Phi) is 5.01. The molecule has 1 aliphatic rings. The predicted octanol–water partition coefficient (Wildman–Crippen LogP) is 2.18. The largest absolute Gasteiger partial charge is 0.399 e. The van der Waals surface area contributed by atoms with Gasteiger partial charge < -0.3 is 16.2 Å². The zero-order chi connectivity index (χ0) is 14.5. The Bertz CT molecular complexity index is 436. The standard InChI is InChI=1S/C16H24N2O2/c1-11(12-2-4-13(17)5-3-12)10-16(20)18-14-6-8-15(19)9-7-14/h2-5,11,14-15,19H,6-10,17H2,1H3,(H,18,20). The normalized spacial score (nSPS) is 24.1. The van der Waals surface area contributed by atoms with E-state index < -0.39 is 0 Å². The smallest absolute Gasteiger partial charge is 0.220 e. The molecule has 1 amide bonds. The summed E-state index contributed by atoms with van der Waals surface area (Å²) in [5, 5.41) is 12.5. The van der Waals surface area contributed by atoms with Gasteiger partial charge in [0, 0.05) is 18.2 Å².